The number of amides is 1. The van der Waals surface area contributed by atoms with Gasteiger partial charge in [0.05, 0.1) is 11.8 Å². The number of halogens is 4. The normalized spacial score (nSPS) is 19.3. The summed E-state index contributed by atoms with van der Waals surface area (Å²) in [5, 5.41) is 14.8. The van der Waals surface area contributed by atoms with Crippen LogP contribution in [0.25, 0.3) is 16.3 Å². The molecule has 4 heterocycles. The minimum Gasteiger partial charge on any atom is -0.366 e. The fourth-order valence-corrected chi connectivity index (χ4v) is 6.97. The number of alkyl halides is 3. The highest BCUT2D eigenvalue weighted by atomic mass is 35.5. The van der Waals surface area contributed by atoms with E-state index in [1.54, 1.807) is 4.90 Å². The van der Waals surface area contributed by atoms with Gasteiger partial charge in [0.1, 0.15) is 16.0 Å². The van der Waals surface area contributed by atoms with Crippen molar-refractivity contribution in [3.05, 3.63) is 22.4 Å². The molecule has 0 bridgehead atoms. The van der Waals surface area contributed by atoms with Gasteiger partial charge < -0.3 is 9.80 Å². The zero-order valence-corrected chi connectivity index (χ0v) is 23.9. The Labute approximate surface area is 236 Å². The van der Waals surface area contributed by atoms with Crippen LogP contribution < -0.4 is 9.62 Å². The second kappa shape index (κ2) is 9.82. The molecule has 0 unspecified atom stereocenters. The van der Waals surface area contributed by atoms with Gasteiger partial charge in [-0.15, -0.1) is 10.2 Å². The summed E-state index contributed by atoms with van der Waals surface area (Å²) in [6.45, 7) is 6.53. The third kappa shape index (κ3) is 5.11. The average molecular weight is 617 g/mol. The SMILES string of the molecule is CC(C)C(=O)N1CCN(c2cc(S(=O)(=O)NC3(C#N)CC3)cn3c(-c4nnc(C(F)(F)F)s4)nc(Cl)c23)C[C@H]1C. The van der Waals surface area contributed by atoms with Crippen molar-refractivity contribution in [2.75, 3.05) is 24.5 Å². The molecule has 1 amide bonds. The molecular weight excluding hydrogens is 593 g/mol. The topological polar surface area (TPSA) is 137 Å². The summed E-state index contributed by atoms with van der Waals surface area (Å²) in [6, 6.07) is 3.15. The average Bonchev–Trinajstić information content (AvgIpc) is 3.30. The molecule has 0 aromatic carbocycles. The highest BCUT2D eigenvalue weighted by molar-refractivity contribution is 7.89. The molecular formula is C23H24ClF3N8O3S2. The Morgan fingerprint density at radius 3 is 2.55 bits per heavy atom. The van der Waals surface area contributed by atoms with Gasteiger partial charge in [0.25, 0.3) is 0 Å². The van der Waals surface area contributed by atoms with Crippen molar-refractivity contribution in [2.45, 2.75) is 56.3 Å². The molecule has 3 aromatic rings. The van der Waals surface area contributed by atoms with Crippen LogP contribution in [-0.2, 0) is 21.0 Å². The second-order valence-corrected chi connectivity index (χ2v) is 13.2. The van der Waals surface area contributed by atoms with Gasteiger partial charge in [0.15, 0.2) is 16.0 Å². The third-order valence-electron chi connectivity index (χ3n) is 6.85. The fourth-order valence-electron chi connectivity index (χ4n) is 4.61. The Morgan fingerprint density at radius 2 is 2.00 bits per heavy atom. The Hall–Kier alpha value is -3.00. The van der Waals surface area contributed by atoms with Crippen molar-refractivity contribution in [3.8, 4) is 16.9 Å². The van der Waals surface area contributed by atoms with E-state index in [1.165, 1.54) is 16.7 Å². The number of nitrogens with zero attached hydrogens (tertiary/aromatic N) is 7. The van der Waals surface area contributed by atoms with Crippen molar-refractivity contribution >= 4 is 50.1 Å². The first kappa shape index (κ1) is 28.5. The molecule has 3 aromatic heterocycles. The van der Waals surface area contributed by atoms with E-state index in [1.807, 2.05) is 31.7 Å². The van der Waals surface area contributed by atoms with Crippen LogP contribution in [0.15, 0.2) is 17.2 Å². The van der Waals surface area contributed by atoms with Crippen LogP contribution in [0.5, 0.6) is 0 Å². The number of rotatable bonds is 6. The van der Waals surface area contributed by atoms with Gasteiger partial charge in [-0.3, -0.25) is 9.20 Å². The first-order valence-electron chi connectivity index (χ1n) is 12.3. The van der Waals surface area contributed by atoms with E-state index in [0.717, 1.165) is 0 Å². The van der Waals surface area contributed by atoms with Gasteiger partial charge in [0.2, 0.25) is 20.9 Å². The molecule has 1 atom stereocenters. The first-order valence-corrected chi connectivity index (χ1v) is 15.0. The number of fused-ring (bicyclic) bond motifs is 1. The number of sulfonamides is 1. The lowest BCUT2D eigenvalue weighted by Gasteiger charge is -2.42. The van der Waals surface area contributed by atoms with Crippen LogP contribution in [0.2, 0.25) is 5.15 Å². The molecule has 5 rings (SSSR count). The predicted octanol–water partition coefficient (Wildman–Crippen LogP) is 3.55. The monoisotopic (exact) mass is 616 g/mol. The molecule has 214 valence electrons. The summed E-state index contributed by atoms with van der Waals surface area (Å²) in [5.41, 5.74) is -0.587. The van der Waals surface area contributed by atoms with Crippen molar-refractivity contribution in [2.24, 2.45) is 5.92 Å². The maximum Gasteiger partial charge on any atom is 0.445 e. The number of anilines is 1. The molecule has 40 heavy (non-hydrogen) atoms. The van der Waals surface area contributed by atoms with Crippen LogP contribution in [-0.4, -0.2) is 70.0 Å². The van der Waals surface area contributed by atoms with Gasteiger partial charge >= 0.3 is 6.18 Å². The van der Waals surface area contributed by atoms with Crippen LogP contribution >= 0.6 is 22.9 Å². The highest BCUT2D eigenvalue weighted by Gasteiger charge is 2.47. The van der Waals surface area contributed by atoms with E-state index >= 15 is 0 Å². The Kier molecular flexibility index (Phi) is 7.01. The summed E-state index contributed by atoms with van der Waals surface area (Å²) in [5.74, 6) is -0.324. The van der Waals surface area contributed by atoms with E-state index in [0.29, 0.717) is 38.2 Å². The number of hydrogen-bond donors (Lipinski definition) is 1. The summed E-state index contributed by atoms with van der Waals surface area (Å²) < 4.78 is 70.3. The molecule has 1 saturated carbocycles. The lowest BCUT2D eigenvalue weighted by atomic mass is 10.1. The number of carbonyl (C=O) groups is 1. The lowest BCUT2D eigenvalue weighted by molar-refractivity contribution is -0.138. The number of nitrogens with one attached hydrogen (secondary N) is 1. The van der Waals surface area contributed by atoms with E-state index in [-0.39, 0.29) is 55.6 Å². The molecule has 1 aliphatic carbocycles. The predicted molar refractivity (Wildman–Crippen MR) is 140 cm³/mol. The Balaban J connectivity index is 1.64. The molecule has 11 nitrogen and oxygen atoms in total. The summed E-state index contributed by atoms with van der Waals surface area (Å²) in [4.78, 5) is 20.3. The van der Waals surface area contributed by atoms with Crippen molar-refractivity contribution in [1.82, 2.24) is 29.2 Å². The van der Waals surface area contributed by atoms with Crippen molar-refractivity contribution in [1.29, 1.82) is 5.26 Å². The Morgan fingerprint density at radius 1 is 1.30 bits per heavy atom. The zero-order chi connectivity index (χ0) is 29.2. The molecule has 17 heteroatoms. The zero-order valence-electron chi connectivity index (χ0n) is 21.5. The maximum atomic E-state index is 13.4. The number of carbonyl (C=O) groups excluding carboxylic acids is 1. The molecule has 2 fully saturated rings. The summed E-state index contributed by atoms with van der Waals surface area (Å²) in [7, 11) is -4.24. The minimum absolute atomic E-state index is 0.00882. The lowest BCUT2D eigenvalue weighted by Crippen LogP contribution is -2.55. The first-order chi connectivity index (χ1) is 18.7. The highest BCUT2D eigenvalue weighted by Crippen LogP contribution is 2.40. The standard InChI is InChI=1S/C23H24ClF3N8O3S2/c1-12(2)20(36)34-7-6-33(9-13(34)3)15-8-14(40(37,38)32-22(11-28)4-5-22)10-35-16(15)17(24)29-18(35)19-30-31-21(39-19)23(25,26)27/h8,10,12-13,32H,4-7,9H2,1-3H3/t13-/m1/s1. The number of nitriles is 1. The molecule has 0 spiro atoms. The van der Waals surface area contributed by atoms with Gasteiger partial charge in [-0.25, -0.2) is 13.4 Å². The van der Waals surface area contributed by atoms with Crippen LogP contribution in [0.3, 0.4) is 0 Å². The number of imidazole rings is 1. The maximum absolute atomic E-state index is 13.4. The molecule has 1 saturated heterocycles. The van der Waals surface area contributed by atoms with Crippen LogP contribution in [0, 0.1) is 17.2 Å². The summed E-state index contributed by atoms with van der Waals surface area (Å²) in [6.07, 6.45) is -2.82. The molecule has 0 radical (unpaired) electrons. The molecule has 2 aliphatic rings. The van der Waals surface area contributed by atoms with E-state index < -0.39 is 26.7 Å². The quantitative estimate of drug-likeness (QED) is 0.444. The molecule has 1 N–H and O–H groups in total. The number of piperazine rings is 1. The largest absolute Gasteiger partial charge is 0.445 e. The van der Waals surface area contributed by atoms with E-state index in [4.69, 9.17) is 11.6 Å². The number of aromatic nitrogens is 4. The van der Waals surface area contributed by atoms with Crippen molar-refractivity contribution in [3.63, 3.8) is 0 Å². The Bertz CT molecular complexity index is 1640. The van der Waals surface area contributed by atoms with Gasteiger partial charge in [-0.2, -0.15) is 23.2 Å². The van der Waals surface area contributed by atoms with Gasteiger partial charge in [-0.1, -0.05) is 36.8 Å². The summed E-state index contributed by atoms with van der Waals surface area (Å²) >= 11 is 6.77. The number of hydrogen-bond acceptors (Lipinski definition) is 9. The van der Waals surface area contributed by atoms with Gasteiger partial charge in [0, 0.05) is 37.8 Å². The second-order valence-electron chi connectivity index (χ2n) is 10.2. The van der Waals surface area contributed by atoms with E-state index in [9.17, 15) is 31.6 Å². The van der Waals surface area contributed by atoms with Gasteiger partial charge in [-0.05, 0) is 25.8 Å². The van der Waals surface area contributed by atoms with Crippen LogP contribution in [0.1, 0.15) is 38.6 Å². The minimum atomic E-state index is -4.73. The number of pyridine rings is 1. The van der Waals surface area contributed by atoms with Crippen LogP contribution in [0.4, 0.5) is 18.9 Å². The van der Waals surface area contributed by atoms with Crippen molar-refractivity contribution < 1.29 is 26.4 Å². The third-order valence-corrected chi connectivity index (χ3v) is 9.59. The molecule has 1 aliphatic heterocycles. The smallest absolute Gasteiger partial charge is 0.366 e. The fraction of sp³-hybridized carbons (Fsp3) is 0.522. The van der Waals surface area contributed by atoms with E-state index in [2.05, 4.69) is 19.9 Å².